The zero-order chi connectivity index (χ0) is 13.4. The number of rotatable bonds is 8. The van der Waals surface area contributed by atoms with Gasteiger partial charge in [0.15, 0.2) is 0 Å². The van der Waals surface area contributed by atoms with E-state index in [-0.39, 0.29) is 17.2 Å². The summed E-state index contributed by atoms with van der Waals surface area (Å²) in [5.74, 6) is 0.467. The molecule has 6 heteroatoms. The predicted octanol–water partition coefficient (Wildman–Crippen LogP) is 2.11. The summed E-state index contributed by atoms with van der Waals surface area (Å²) in [5, 5.41) is 11.1. The summed E-state index contributed by atoms with van der Waals surface area (Å²) in [7, 11) is 0. The summed E-state index contributed by atoms with van der Waals surface area (Å²) in [6.45, 7) is 3.22. The lowest BCUT2D eigenvalue weighted by Gasteiger charge is -2.10. The van der Waals surface area contributed by atoms with Crippen molar-refractivity contribution in [2.45, 2.75) is 19.8 Å². The zero-order valence-corrected chi connectivity index (χ0v) is 10.4. The third kappa shape index (κ3) is 3.89. The van der Waals surface area contributed by atoms with Crippen molar-refractivity contribution in [2.24, 2.45) is 5.73 Å². The predicted molar refractivity (Wildman–Crippen MR) is 68.0 cm³/mol. The number of nitro benzene ring substituents is 1. The highest BCUT2D eigenvalue weighted by atomic mass is 16.6. The quantitative estimate of drug-likeness (QED) is 0.436. The molecule has 0 unspecified atom stereocenters. The maximum atomic E-state index is 11.1. The van der Waals surface area contributed by atoms with Gasteiger partial charge in [0.05, 0.1) is 18.1 Å². The van der Waals surface area contributed by atoms with E-state index in [0.29, 0.717) is 26.2 Å². The second kappa shape index (κ2) is 7.50. The fourth-order valence-electron chi connectivity index (χ4n) is 1.39. The lowest BCUT2D eigenvalue weighted by atomic mass is 10.2. The van der Waals surface area contributed by atoms with Gasteiger partial charge in [0, 0.05) is 0 Å². The van der Waals surface area contributed by atoms with Crippen LogP contribution in [0, 0.1) is 10.1 Å². The van der Waals surface area contributed by atoms with Gasteiger partial charge in [-0.05, 0) is 31.5 Å². The largest absolute Gasteiger partial charge is 0.487 e. The monoisotopic (exact) mass is 254 g/mol. The Labute approximate surface area is 106 Å². The molecule has 0 fully saturated rings. The van der Waals surface area contributed by atoms with Gasteiger partial charge in [-0.2, -0.15) is 0 Å². The first-order valence-electron chi connectivity index (χ1n) is 5.93. The lowest BCUT2D eigenvalue weighted by Crippen LogP contribution is -2.08. The molecule has 2 N–H and O–H groups in total. The standard InChI is InChI=1S/C12H18N2O4/c1-2-8-17-10-5-3-6-11(12(10)14(15)16)18-9-4-7-13/h3,5-6H,2,4,7-9,13H2,1H3. The molecule has 100 valence electrons. The number of para-hydroxylation sites is 1. The van der Waals surface area contributed by atoms with Crippen LogP contribution in [-0.2, 0) is 0 Å². The van der Waals surface area contributed by atoms with Gasteiger partial charge >= 0.3 is 5.69 Å². The fraction of sp³-hybridized carbons (Fsp3) is 0.500. The van der Waals surface area contributed by atoms with E-state index < -0.39 is 4.92 Å². The van der Waals surface area contributed by atoms with Crippen LogP contribution < -0.4 is 15.2 Å². The van der Waals surface area contributed by atoms with E-state index in [2.05, 4.69) is 0 Å². The van der Waals surface area contributed by atoms with Crippen LogP contribution in [0.3, 0.4) is 0 Å². The van der Waals surface area contributed by atoms with Gasteiger partial charge in [0.25, 0.3) is 0 Å². The van der Waals surface area contributed by atoms with E-state index in [1.807, 2.05) is 6.92 Å². The minimum Gasteiger partial charge on any atom is -0.487 e. The molecule has 0 heterocycles. The van der Waals surface area contributed by atoms with Crippen molar-refractivity contribution in [3.63, 3.8) is 0 Å². The van der Waals surface area contributed by atoms with Crippen molar-refractivity contribution in [3.8, 4) is 11.5 Å². The molecule has 0 aliphatic heterocycles. The van der Waals surface area contributed by atoms with Crippen LogP contribution in [-0.4, -0.2) is 24.7 Å². The van der Waals surface area contributed by atoms with Crippen molar-refractivity contribution < 1.29 is 14.4 Å². The second-order valence-corrected chi connectivity index (χ2v) is 3.70. The molecule has 1 aromatic rings. The van der Waals surface area contributed by atoms with Gasteiger partial charge in [0.2, 0.25) is 11.5 Å². The van der Waals surface area contributed by atoms with Crippen molar-refractivity contribution >= 4 is 5.69 Å². The molecule has 0 aromatic heterocycles. The second-order valence-electron chi connectivity index (χ2n) is 3.70. The highest BCUT2D eigenvalue weighted by Crippen LogP contribution is 2.36. The average Bonchev–Trinajstić information content (AvgIpc) is 2.36. The normalized spacial score (nSPS) is 10.1. The van der Waals surface area contributed by atoms with Gasteiger partial charge in [-0.25, -0.2) is 0 Å². The van der Waals surface area contributed by atoms with E-state index in [9.17, 15) is 10.1 Å². The van der Waals surface area contributed by atoms with E-state index in [1.54, 1.807) is 18.2 Å². The Morgan fingerprint density at radius 2 is 1.89 bits per heavy atom. The van der Waals surface area contributed by atoms with Gasteiger partial charge in [-0.3, -0.25) is 10.1 Å². The average molecular weight is 254 g/mol. The lowest BCUT2D eigenvalue weighted by molar-refractivity contribution is -0.386. The Kier molecular flexibility index (Phi) is 5.93. The minimum atomic E-state index is -0.483. The third-order valence-corrected chi connectivity index (χ3v) is 2.21. The molecule has 0 spiro atoms. The van der Waals surface area contributed by atoms with Crippen molar-refractivity contribution in [1.82, 2.24) is 0 Å². The minimum absolute atomic E-state index is 0.122. The molecule has 0 aliphatic rings. The number of nitrogens with zero attached hydrogens (tertiary/aromatic N) is 1. The Hall–Kier alpha value is -1.82. The van der Waals surface area contributed by atoms with Gasteiger partial charge in [0.1, 0.15) is 0 Å². The Morgan fingerprint density at radius 1 is 1.28 bits per heavy atom. The highest BCUT2D eigenvalue weighted by molar-refractivity contribution is 5.57. The molecule has 0 radical (unpaired) electrons. The van der Waals surface area contributed by atoms with Crippen LogP contribution in [0.15, 0.2) is 18.2 Å². The molecule has 0 atom stereocenters. The SMILES string of the molecule is CCCOc1cccc(OCCCN)c1[N+](=O)[O-]. The first kappa shape index (κ1) is 14.2. The molecule has 6 nitrogen and oxygen atoms in total. The van der Waals surface area contributed by atoms with Crippen LogP contribution in [0.1, 0.15) is 19.8 Å². The molecule has 18 heavy (non-hydrogen) atoms. The summed E-state index contributed by atoms with van der Waals surface area (Å²) >= 11 is 0. The summed E-state index contributed by atoms with van der Waals surface area (Å²) in [5.41, 5.74) is 5.23. The zero-order valence-electron chi connectivity index (χ0n) is 10.4. The van der Waals surface area contributed by atoms with E-state index >= 15 is 0 Å². The van der Waals surface area contributed by atoms with Gasteiger partial charge in [-0.15, -0.1) is 0 Å². The van der Waals surface area contributed by atoms with Crippen LogP contribution >= 0.6 is 0 Å². The van der Waals surface area contributed by atoms with Crippen LogP contribution in [0.25, 0.3) is 0 Å². The van der Waals surface area contributed by atoms with E-state index in [1.165, 1.54) is 0 Å². The number of hydrogen-bond acceptors (Lipinski definition) is 5. The number of nitro groups is 1. The fourth-order valence-corrected chi connectivity index (χ4v) is 1.39. The van der Waals surface area contributed by atoms with E-state index in [4.69, 9.17) is 15.2 Å². The van der Waals surface area contributed by atoms with Gasteiger partial charge < -0.3 is 15.2 Å². The Bertz CT molecular complexity index is 396. The smallest absolute Gasteiger partial charge is 0.352 e. The molecule has 0 aliphatic carbocycles. The summed E-state index contributed by atoms with van der Waals surface area (Å²) in [4.78, 5) is 10.6. The summed E-state index contributed by atoms with van der Waals surface area (Å²) in [6.07, 6.45) is 1.44. The molecular weight excluding hydrogens is 236 g/mol. The molecular formula is C12H18N2O4. The highest BCUT2D eigenvalue weighted by Gasteiger charge is 2.22. The Morgan fingerprint density at radius 3 is 2.39 bits per heavy atom. The maximum Gasteiger partial charge on any atom is 0.352 e. The summed E-state index contributed by atoms with van der Waals surface area (Å²) in [6, 6.07) is 4.81. The number of benzene rings is 1. The van der Waals surface area contributed by atoms with Crippen molar-refractivity contribution in [3.05, 3.63) is 28.3 Å². The van der Waals surface area contributed by atoms with E-state index in [0.717, 1.165) is 6.42 Å². The van der Waals surface area contributed by atoms with Crippen LogP contribution in [0.4, 0.5) is 5.69 Å². The number of nitrogens with two attached hydrogens (primary N) is 1. The topological polar surface area (TPSA) is 87.6 Å². The molecule has 1 rings (SSSR count). The van der Waals surface area contributed by atoms with Crippen LogP contribution in [0.5, 0.6) is 11.5 Å². The first-order chi connectivity index (χ1) is 8.70. The molecule has 1 aromatic carbocycles. The summed E-state index contributed by atoms with van der Waals surface area (Å²) < 4.78 is 10.7. The van der Waals surface area contributed by atoms with Gasteiger partial charge in [-0.1, -0.05) is 13.0 Å². The van der Waals surface area contributed by atoms with Crippen molar-refractivity contribution in [2.75, 3.05) is 19.8 Å². The molecule has 0 saturated heterocycles. The Balaban J connectivity index is 2.90. The van der Waals surface area contributed by atoms with Crippen molar-refractivity contribution in [1.29, 1.82) is 0 Å². The molecule has 0 amide bonds. The number of hydrogen-bond donors (Lipinski definition) is 1. The van der Waals surface area contributed by atoms with Crippen LogP contribution in [0.2, 0.25) is 0 Å². The molecule has 0 saturated carbocycles. The third-order valence-electron chi connectivity index (χ3n) is 2.21. The maximum absolute atomic E-state index is 11.1. The number of ether oxygens (including phenoxy) is 2. The first-order valence-corrected chi connectivity index (χ1v) is 5.93. The molecule has 0 bridgehead atoms.